The first-order valence-electron chi connectivity index (χ1n) is 9.08. The van der Waals surface area contributed by atoms with Gasteiger partial charge in [0, 0.05) is 0 Å². The molecule has 3 heteroatoms. The number of rotatable bonds is 15. The van der Waals surface area contributed by atoms with Gasteiger partial charge in [0.15, 0.2) is 0 Å². The molecule has 0 spiro atoms. The molecule has 0 radical (unpaired) electrons. The van der Waals surface area contributed by atoms with E-state index in [-0.39, 0.29) is 24.0 Å². The van der Waals surface area contributed by atoms with Crippen LogP contribution in [-0.4, -0.2) is 37.0 Å². The van der Waals surface area contributed by atoms with Crippen molar-refractivity contribution in [3.05, 3.63) is 0 Å². The van der Waals surface area contributed by atoms with Gasteiger partial charge in [-0.1, -0.05) is 58.8 Å². The van der Waals surface area contributed by atoms with E-state index in [1.54, 1.807) is 0 Å². The molecule has 0 aliphatic heterocycles. The Morgan fingerprint density at radius 1 is 0.619 bits per heavy atom. The van der Waals surface area contributed by atoms with Crippen LogP contribution in [-0.2, 0) is 0 Å². The first-order valence-corrected chi connectivity index (χ1v) is 9.61. The largest absolute Gasteiger partial charge is 1.00 e. The zero-order valence-corrected chi connectivity index (χ0v) is 17.7. The van der Waals surface area contributed by atoms with E-state index in [4.69, 9.17) is 11.6 Å². The maximum absolute atomic E-state index is 6.01. The van der Waals surface area contributed by atoms with Crippen LogP contribution in [0.5, 0.6) is 0 Å². The van der Waals surface area contributed by atoms with Crippen molar-refractivity contribution in [3.63, 3.8) is 0 Å². The highest BCUT2D eigenvalue weighted by Gasteiger charge is 2.19. The number of quaternary nitrogens is 1. The van der Waals surface area contributed by atoms with Crippen LogP contribution in [0.4, 0.5) is 0 Å². The van der Waals surface area contributed by atoms with Crippen molar-refractivity contribution in [1.29, 1.82) is 0 Å². The number of alkyl halides is 1. The molecular weight excluding hydrogens is 393 g/mol. The van der Waals surface area contributed by atoms with Crippen LogP contribution in [0.1, 0.15) is 84.5 Å². The summed E-state index contributed by atoms with van der Waals surface area (Å²) in [7, 11) is 2.41. The lowest BCUT2D eigenvalue weighted by Crippen LogP contribution is -3.00. The standard InChI is InChI=1S/C18H39ClN.HI/c1-4-6-8-10-12-14-17-20(3,18-15-19)16-13-11-9-7-5-2;/h4-18H2,1-3H3;1H/q+1;/p-1. The molecule has 21 heavy (non-hydrogen) atoms. The third-order valence-electron chi connectivity index (χ3n) is 4.48. The summed E-state index contributed by atoms with van der Waals surface area (Å²) in [5, 5.41) is 0. The highest BCUT2D eigenvalue weighted by atomic mass is 127. The predicted molar refractivity (Wildman–Crippen MR) is 93.6 cm³/mol. The minimum Gasteiger partial charge on any atom is -1.00 e. The molecule has 0 rings (SSSR count). The molecule has 0 aromatic rings. The van der Waals surface area contributed by atoms with E-state index in [1.165, 1.54) is 88.2 Å². The lowest BCUT2D eigenvalue weighted by atomic mass is 10.1. The average molecular weight is 432 g/mol. The van der Waals surface area contributed by atoms with Gasteiger partial charge >= 0.3 is 0 Å². The van der Waals surface area contributed by atoms with Gasteiger partial charge in [-0.25, -0.2) is 0 Å². The van der Waals surface area contributed by atoms with E-state index in [0.29, 0.717) is 0 Å². The molecule has 0 heterocycles. The van der Waals surface area contributed by atoms with E-state index >= 15 is 0 Å². The van der Waals surface area contributed by atoms with Crippen LogP contribution in [0, 0.1) is 0 Å². The van der Waals surface area contributed by atoms with E-state index < -0.39 is 0 Å². The summed E-state index contributed by atoms with van der Waals surface area (Å²) >= 11 is 6.01. The molecule has 1 unspecified atom stereocenters. The third kappa shape index (κ3) is 15.6. The molecule has 1 atom stereocenters. The molecular formula is C18H39ClIN. The maximum Gasteiger partial charge on any atom is 0.0922 e. The van der Waals surface area contributed by atoms with Crippen LogP contribution in [0.25, 0.3) is 0 Å². The Kier molecular flexibility index (Phi) is 20.0. The normalized spacial score (nSPS) is 13.7. The minimum absolute atomic E-state index is 0. The van der Waals surface area contributed by atoms with Crippen molar-refractivity contribution in [2.75, 3.05) is 32.6 Å². The Labute approximate surface area is 156 Å². The molecule has 0 saturated heterocycles. The van der Waals surface area contributed by atoms with Crippen molar-refractivity contribution in [2.45, 2.75) is 84.5 Å². The topological polar surface area (TPSA) is 0 Å². The fourth-order valence-corrected chi connectivity index (χ4v) is 3.32. The second-order valence-corrected chi connectivity index (χ2v) is 7.04. The highest BCUT2D eigenvalue weighted by Crippen LogP contribution is 2.13. The van der Waals surface area contributed by atoms with Crippen molar-refractivity contribution in [2.24, 2.45) is 0 Å². The van der Waals surface area contributed by atoms with Gasteiger partial charge < -0.3 is 28.5 Å². The van der Waals surface area contributed by atoms with Gasteiger partial charge in [0.2, 0.25) is 0 Å². The highest BCUT2D eigenvalue weighted by molar-refractivity contribution is 6.17. The van der Waals surface area contributed by atoms with Crippen LogP contribution in [0.2, 0.25) is 0 Å². The van der Waals surface area contributed by atoms with E-state index in [1.807, 2.05) is 0 Å². The van der Waals surface area contributed by atoms with Crippen LogP contribution < -0.4 is 24.0 Å². The molecule has 0 bridgehead atoms. The zero-order chi connectivity index (χ0) is 15.1. The summed E-state index contributed by atoms with van der Waals surface area (Å²) in [5.74, 6) is 0.807. The Hall–Kier alpha value is 0.980. The van der Waals surface area contributed by atoms with Crippen molar-refractivity contribution < 1.29 is 28.5 Å². The molecule has 0 aliphatic rings. The summed E-state index contributed by atoms with van der Waals surface area (Å²) in [6.45, 7) is 8.36. The fraction of sp³-hybridized carbons (Fsp3) is 1.00. The summed E-state index contributed by atoms with van der Waals surface area (Å²) in [5.41, 5.74) is 0. The number of hydrogen-bond donors (Lipinski definition) is 0. The van der Waals surface area contributed by atoms with Gasteiger partial charge in [0.25, 0.3) is 0 Å². The second kappa shape index (κ2) is 17.3. The van der Waals surface area contributed by atoms with Crippen LogP contribution >= 0.6 is 11.6 Å². The molecule has 0 N–H and O–H groups in total. The van der Waals surface area contributed by atoms with Crippen LogP contribution in [0.3, 0.4) is 0 Å². The Bertz CT molecular complexity index is 202. The first kappa shape index (κ1) is 24.2. The number of unbranched alkanes of at least 4 members (excludes halogenated alkanes) is 9. The Morgan fingerprint density at radius 3 is 1.38 bits per heavy atom. The fourth-order valence-electron chi connectivity index (χ4n) is 2.91. The second-order valence-electron chi connectivity index (χ2n) is 6.66. The average Bonchev–Trinajstić information content (AvgIpc) is 2.43. The summed E-state index contributed by atoms with van der Waals surface area (Å²) in [6, 6.07) is 0. The van der Waals surface area contributed by atoms with Gasteiger partial charge in [0.05, 0.1) is 32.6 Å². The number of halogens is 2. The molecule has 0 aromatic heterocycles. The Morgan fingerprint density at radius 2 is 1.00 bits per heavy atom. The summed E-state index contributed by atoms with van der Waals surface area (Å²) in [6.07, 6.45) is 15.3. The quantitative estimate of drug-likeness (QED) is 0.162. The van der Waals surface area contributed by atoms with Gasteiger partial charge in [-0.3, -0.25) is 0 Å². The van der Waals surface area contributed by atoms with Gasteiger partial charge in [-0.2, -0.15) is 0 Å². The molecule has 1 nitrogen and oxygen atoms in total. The first-order chi connectivity index (χ1) is 9.68. The van der Waals surface area contributed by atoms with Gasteiger partial charge in [-0.05, 0) is 25.7 Å². The smallest absolute Gasteiger partial charge is 0.0922 e. The molecule has 0 aromatic carbocycles. The molecule has 130 valence electrons. The minimum atomic E-state index is 0. The molecule has 0 saturated carbocycles. The SMILES string of the molecule is CCCCCCCC[N+](C)(CCCl)CCCCCCC.[I-]. The third-order valence-corrected chi connectivity index (χ3v) is 4.65. The zero-order valence-electron chi connectivity index (χ0n) is 14.8. The summed E-state index contributed by atoms with van der Waals surface area (Å²) < 4.78 is 1.20. The lowest BCUT2D eigenvalue weighted by molar-refractivity contribution is -0.907. The van der Waals surface area contributed by atoms with E-state index in [0.717, 1.165) is 12.4 Å². The van der Waals surface area contributed by atoms with Gasteiger partial charge in [0.1, 0.15) is 0 Å². The molecule has 0 aliphatic carbocycles. The number of nitrogens with zero attached hydrogens (tertiary/aromatic N) is 1. The lowest BCUT2D eigenvalue weighted by Gasteiger charge is -2.34. The van der Waals surface area contributed by atoms with E-state index in [9.17, 15) is 0 Å². The maximum atomic E-state index is 6.01. The van der Waals surface area contributed by atoms with E-state index in [2.05, 4.69) is 20.9 Å². The van der Waals surface area contributed by atoms with Crippen molar-refractivity contribution >= 4 is 11.6 Å². The van der Waals surface area contributed by atoms with Crippen molar-refractivity contribution in [3.8, 4) is 0 Å². The molecule has 0 fully saturated rings. The predicted octanol–water partition coefficient (Wildman–Crippen LogP) is 3.01. The van der Waals surface area contributed by atoms with Crippen LogP contribution in [0.15, 0.2) is 0 Å². The van der Waals surface area contributed by atoms with Gasteiger partial charge in [-0.15, -0.1) is 11.6 Å². The summed E-state index contributed by atoms with van der Waals surface area (Å²) in [4.78, 5) is 0. The Balaban J connectivity index is 0. The van der Waals surface area contributed by atoms with Crippen molar-refractivity contribution in [1.82, 2.24) is 0 Å². The number of hydrogen-bond acceptors (Lipinski definition) is 0. The monoisotopic (exact) mass is 431 g/mol. The molecule has 0 amide bonds.